The van der Waals surface area contributed by atoms with Gasteiger partial charge < -0.3 is 15.7 Å². The molecule has 1 aromatic rings. The minimum absolute atomic E-state index is 0.205. The van der Waals surface area contributed by atoms with Crippen LogP contribution in [0.3, 0.4) is 0 Å². The van der Waals surface area contributed by atoms with E-state index in [1.165, 1.54) is 0 Å². The molecule has 20 heavy (non-hydrogen) atoms. The van der Waals surface area contributed by atoms with Crippen LogP contribution in [0.4, 0.5) is 4.79 Å². The second kappa shape index (κ2) is 6.42. The molecule has 2 atom stereocenters. The van der Waals surface area contributed by atoms with Crippen molar-refractivity contribution in [3.8, 4) is 0 Å². The fourth-order valence-corrected chi connectivity index (χ4v) is 2.69. The molecule has 2 amide bonds. The van der Waals surface area contributed by atoms with Crippen molar-refractivity contribution in [2.75, 3.05) is 5.75 Å². The maximum Gasteiger partial charge on any atom is 0.305 e. The molecule has 1 aliphatic heterocycles. The zero-order valence-corrected chi connectivity index (χ0v) is 11.4. The summed E-state index contributed by atoms with van der Waals surface area (Å²) in [5.41, 5.74) is 0.722. The summed E-state index contributed by atoms with van der Waals surface area (Å²) in [4.78, 5) is 34.0. The number of hydrogen-bond acceptors (Lipinski definition) is 4. The minimum Gasteiger partial charge on any atom is -0.481 e. The zero-order valence-electron chi connectivity index (χ0n) is 10.5. The van der Waals surface area contributed by atoms with Crippen LogP contribution in [0.1, 0.15) is 18.0 Å². The smallest absolute Gasteiger partial charge is 0.305 e. The Hall–Kier alpha value is -2.02. The molecule has 6 nitrogen and oxygen atoms in total. The molecule has 1 fully saturated rings. The maximum atomic E-state index is 12.0. The zero-order chi connectivity index (χ0) is 14.5. The van der Waals surface area contributed by atoms with E-state index in [2.05, 4.69) is 10.6 Å². The number of hydrogen-bond donors (Lipinski definition) is 3. The molecule has 0 aliphatic carbocycles. The van der Waals surface area contributed by atoms with Crippen molar-refractivity contribution in [2.24, 2.45) is 0 Å². The van der Waals surface area contributed by atoms with Crippen LogP contribution in [0.5, 0.6) is 0 Å². The second-order valence-electron chi connectivity index (χ2n) is 4.37. The highest BCUT2D eigenvalue weighted by Crippen LogP contribution is 2.18. The summed E-state index contributed by atoms with van der Waals surface area (Å²) >= 11 is 1.04. The number of carbonyl (C=O) groups excluding carboxylic acids is 2. The van der Waals surface area contributed by atoms with Crippen molar-refractivity contribution in [1.29, 1.82) is 0 Å². The van der Waals surface area contributed by atoms with E-state index >= 15 is 0 Å². The number of benzene rings is 1. The van der Waals surface area contributed by atoms with Gasteiger partial charge in [-0.25, -0.2) is 0 Å². The van der Waals surface area contributed by atoms with Gasteiger partial charge in [0.1, 0.15) is 6.04 Å². The quantitative estimate of drug-likeness (QED) is 0.757. The Balaban J connectivity index is 2.06. The Bertz CT molecular complexity index is 520. The van der Waals surface area contributed by atoms with Crippen molar-refractivity contribution >= 4 is 28.9 Å². The third kappa shape index (κ3) is 3.74. The van der Waals surface area contributed by atoms with Crippen LogP contribution in [0.25, 0.3) is 0 Å². The van der Waals surface area contributed by atoms with Gasteiger partial charge in [0, 0.05) is 5.75 Å². The van der Waals surface area contributed by atoms with Crippen molar-refractivity contribution in [3.05, 3.63) is 35.9 Å². The van der Waals surface area contributed by atoms with Crippen molar-refractivity contribution in [3.63, 3.8) is 0 Å². The number of aliphatic carboxylic acids is 1. The van der Waals surface area contributed by atoms with Gasteiger partial charge in [0.25, 0.3) is 5.24 Å². The number of carbonyl (C=O) groups is 3. The standard InChI is InChI=1S/C13H14N2O4S/c16-11(17)6-9(8-4-2-1-3-5-8)14-12(18)10-7-20-13(19)15-10/h1-5,9-10H,6-7H2,(H,14,18)(H,15,19)(H,16,17). The van der Waals surface area contributed by atoms with E-state index in [1.807, 2.05) is 6.07 Å². The molecule has 2 unspecified atom stereocenters. The molecule has 0 aromatic heterocycles. The van der Waals surface area contributed by atoms with E-state index in [-0.39, 0.29) is 17.6 Å². The number of carboxylic acids is 1. The van der Waals surface area contributed by atoms with Gasteiger partial charge in [-0.2, -0.15) is 0 Å². The van der Waals surface area contributed by atoms with Crippen LogP contribution >= 0.6 is 11.8 Å². The topological polar surface area (TPSA) is 95.5 Å². The fraction of sp³-hybridized carbons (Fsp3) is 0.308. The fourth-order valence-electron chi connectivity index (χ4n) is 1.91. The van der Waals surface area contributed by atoms with E-state index in [1.54, 1.807) is 24.3 Å². The number of amides is 2. The summed E-state index contributed by atoms with van der Waals surface area (Å²) in [6, 6.07) is 7.69. The molecule has 0 spiro atoms. The highest BCUT2D eigenvalue weighted by Gasteiger charge is 2.30. The molecule has 2 rings (SSSR count). The average molecular weight is 294 g/mol. The highest BCUT2D eigenvalue weighted by molar-refractivity contribution is 8.14. The first kappa shape index (κ1) is 14.4. The first-order valence-electron chi connectivity index (χ1n) is 6.06. The summed E-state index contributed by atoms with van der Waals surface area (Å²) in [5.74, 6) is -0.998. The molecule has 1 saturated heterocycles. The van der Waals surface area contributed by atoms with E-state index in [4.69, 9.17) is 5.11 Å². The second-order valence-corrected chi connectivity index (χ2v) is 5.36. The summed E-state index contributed by atoms with van der Waals surface area (Å²) < 4.78 is 0. The van der Waals surface area contributed by atoms with Crippen LogP contribution in [0.15, 0.2) is 30.3 Å². The summed E-state index contributed by atoms with van der Waals surface area (Å²) in [6.07, 6.45) is -0.205. The normalized spacial score (nSPS) is 19.2. The maximum absolute atomic E-state index is 12.0. The van der Waals surface area contributed by atoms with Crippen molar-refractivity contribution in [2.45, 2.75) is 18.5 Å². The highest BCUT2D eigenvalue weighted by atomic mass is 32.2. The van der Waals surface area contributed by atoms with Crippen LogP contribution < -0.4 is 10.6 Å². The van der Waals surface area contributed by atoms with E-state index < -0.39 is 18.1 Å². The van der Waals surface area contributed by atoms with Crippen LogP contribution in [0.2, 0.25) is 0 Å². The molecule has 1 heterocycles. The Morgan fingerprint density at radius 2 is 2.10 bits per heavy atom. The first-order valence-corrected chi connectivity index (χ1v) is 7.05. The van der Waals surface area contributed by atoms with Crippen LogP contribution in [0, 0.1) is 0 Å². The Morgan fingerprint density at radius 3 is 2.65 bits per heavy atom. The predicted octanol–water partition coefficient (Wildman–Crippen LogP) is 1.14. The summed E-state index contributed by atoms with van der Waals surface area (Å²) in [5, 5.41) is 13.9. The summed E-state index contributed by atoms with van der Waals surface area (Å²) in [7, 11) is 0. The molecular formula is C13H14N2O4S. The number of nitrogens with one attached hydrogen (secondary N) is 2. The molecule has 3 N–H and O–H groups in total. The van der Waals surface area contributed by atoms with Crippen LogP contribution in [-0.2, 0) is 9.59 Å². The summed E-state index contributed by atoms with van der Waals surface area (Å²) in [6.45, 7) is 0. The molecule has 0 radical (unpaired) electrons. The third-order valence-corrected chi connectivity index (χ3v) is 3.77. The van der Waals surface area contributed by atoms with Gasteiger partial charge in [0.05, 0.1) is 12.5 Å². The van der Waals surface area contributed by atoms with E-state index in [9.17, 15) is 14.4 Å². The van der Waals surface area contributed by atoms with Crippen molar-refractivity contribution in [1.82, 2.24) is 10.6 Å². The van der Waals surface area contributed by atoms with Gasteiger partial charge in [0.2, 0.25) is 5.91 Å². The van der Waals surface area contributed by atoms with E-state index in [0.717, 1.165) is 17.3 Å². The van der Waals surface area contributed by atoms with Gasteiger partial charge in [-0.05, 0) is 5.56 Å². The van der Waals surface area contributed by atoms with Crippen LogP contribution in [-0.4, -0.2) is 34.0 Å². The molecule has 1 aliphatic rings. The minimum atomic E-state index is -0.996. The molecule has 7 heteroatoms. The molecule has 0 bridgehead atoms. The van der Waals surface area contributed by atoms with Crippen molar-refractivity contribution < 1.29 is 19.5 Å². The molecular weight excluding hydrogens is 280 g/mol. The van der Waals surface area contributed by atoms with Gasteiger partial charge in [0.15, 0.2) is 0 Å². The SMILES string of the molecule is O=C(O)CC(NC(=O)C1CSC(=O)N1)c1ccccc1. The largest absolute Gasteiger partial charge is 0.481 e. The number of thioether (sulfide) groups is 1. The monoisotopic (exact) mass is 294 g/mol. The third-order valence-electron chi connectivity index (χ3n) is 2.89. The lowest BCUT2D eigenvalue weighted by molar-refractivity contribution is -0.137. The van der Waals surface area contributed by atoms with Gasteiger partial charge in [-0.3, -0.25) is 14.4 Å². The first-order chi connectivity index (χ1) is 9.56. The molecule has 1 aromatic carbocycles. The van der Waals surface area contributed by atoms with Gasteiger partial charge in [-0.1, -0.05) is 42.1 Å². The Labute approximate surface area is 119 Å². The Morgan fingerprint density at radius 1 is 1.40 bits per heavy atom. The average Bonchev–Trinajstić information content (AvgIpc) is 2.85. The molecule has 106 valence electrons. The predicted molar refractivity (Wildman–Crippen MR) is 74.4 cm³/mol. The number of rotatable bonds is 5. The lowest BCUT2D eigenvalue weighted by Gasteiger charge is -2.19. The molecule has 0 saturated carbocycles. The Kier molecular flexibility index (Phi) is 4.62. The van der Waals surface area contributed by atoms with E-state index in [0.29, 0.717) is 5.75 Å². The number of carboxylic acid groups (broad SMARTS) is 1. The lowest BCUT2D eigenvalue weighted by atomic mass is 10.0. The lowest BCUT2D eigenvalue weighted by Crippen LogP contribution is -2.44. The van der Waals surface area contributed by atoms with Gasteiger partial charge in [-0.15, -0.1) is 0 Å². The van der Waals surface area contributed by atoms with Gasteiger partial charge >= 0.3 is 5.97 Å².